The number of anilines is 1. The van der Waals surface area contributed by atoms with Gasteiger partial charge in [-0.2, -0.15) is 0 Å². The number of hydrogen-bond acceptors (Lipinski definition) is 8. The van der Waals surface area contributed by atoms with E-state index in [2.05, 4.69) is 15.0 Å². The monoisotopic (exact) mass is 485 g/mol. The molecule has 182 valence electrons. The second kappa shape index (κ2) is 9.91. The first-order chi connectivity index (χ1) is 17.6. The predicted octanol–water partition coefficient (Wildman–Crippen LogP) is 4.52. The van der Waals surface area contributed by atoms with Gasteiger partial charge in [0, 0.05) is 11.5 Å². The van der Waals surface area contributed by atoms with Gasteiger partial charge in [0.15, 0.2) is 23.9 Å². The van der Waals surface area contributed by atoms with Crippen LogP contribution in [0.15, 0.2) is 59.3 Å². The molecule has 0 radical (unpaired) electrons. The molecule has 0 fully saturated rings. The molecule has 1 aliphatic rings. The summed E-state index contributed by atoms with van der Waals surface area (Å²) in [5.41, 5.74) is 4.60. The van der Waals surface area contributed by atoms with Gasteiger partial charge in [0.2, 0.25) is 0 Å². The van der Waals surface area contributed by atoms with Gasteiger partial charge in [-0.15, -0.1) is 0 Å². The molecule has 9 nitrogen and oxygen atoms in total. The van der Waals surface area contributed by atoms with Crippen LogP contribution in [0.5, 0.6) is 11.5 Å². The van der Waals surface area contributed by atoms with Crippen LogP contribution in [0.25, 0.3) is 22.6 Å². The van der Waals surface area contributed by atoms with E-state index in [-0.39, 0.29) is 5.82 Å². The molecule has 1 aliphatic carbocycles. The van der Waals surface area contributed by atoms with Crippen molar-refractivity contribution in [3.05, 3.63) is 77.2 Å². The van der Waals surface area contributed by atoms with Gasteiger partial charge >= 0.3 is 5.97 Å². The van der Waals surface area contributed by atoms with E-state index in [0.717, 1.165) is 22.4 Å². The zero-order valence-electron chi connectivity index (χ0n) is 19.7. The highest BCUT2D eigenvalue weighted by molar-refractivity contribution is 6.08. The highest BCUT2D eigenvalue weighted by Gasteiger charge is 2.28. The molecule has 2 aromatic carbocycles. The molecule has 0 bridgehead atoms. The van der Waals surface area contributed by atoms with Crippen LogP contribution in [0.3, 0.4) is 0 Å². The Balaban J connectivity index is 1.47. The first-order valence-electron chi connectivity index (χ1n) is 11.3. The third kappa shape index (κ3) is 4.50. The number of fused-ring (bicyclic) bond motifs is 2. The van der Waals surface area contributed by atoms with Crippen LogP contribution in [0.4, 0.5) is 5.82 Å². The van der Waals surface area contributed by atoms with E-state index in [9.17, 15) is 9.59 Å². The van der Waals surface area contributed by atoms with Crippen molar-refractivity contribution in [3.8, 4) is 11.5 Å². The van der Waals surface area contributed by atoms with Crippen LogP contribution in [-0.4, -0.2) is 42.8 Å². The number of hydrogen-bond donors (Lipinski definition) is 1. The standard InChI is InChI=1S/C27H23N3O6/c1-33-21-10-7-16(14-22(21)34-2)13-17-8-9-19-25(18-5-3-4-6-20(18)28-26(17)19)27(32)35-15-24(31)29-23-11-12-36-30-23/h3-7,10-14H,8-9,15H2,1-2H3,(H,29,30,31). The van der Waals surface area contributed by atoms with E-state index >= 15 is 0 Å². The molecule has 1 N–H and O–H groups in total. The van der Waals surface area contributed by atoms with E-state index in [1.54, 1.807) is 14.2 Å². The minimum atomic E-state index is -0.576. The molecule has 2 aromatic heterocycles. The summed E-state index contributed by atoms with van der Waals surface area (Å²) < 4.78 is 20.8. The molecular weight excluding hydrogens is 462 g/mol. The number of nitrogens with one attached hydrogen (secondary N) is 1. The van der Waals surface area contributed by atoms with Gasteiger partial charge in [0.1, 0.15) is 6.26 Å². The Labute approximate surface area is 206 Å². The first kappa shape index (κ1) is 23.1. The number of amides is 1. The van der Waals surface area contributed by atoms with Gasteiger partial charge in [-0.05, 0) is 53.8 Å². The molecule has 2 heterocycles. The Morgan fingerprint density at radius 2 is 1.89 bits per heavy atom. The second-order valence-corrected chi connectivity index (χ2v) is 8.12. The second-order valence-electron chi connectivity index (χ2n) is 8.12. The average Bonchev–Trinajstić information content (AvgIpc) is 3.55. The van der Waals surface area contributed by atoms with Crippen LogP contribution in [0, 0.1) is 0 Å². The van der Waals surface area contributed by atoms with Crippen molar-refractivity contribution in [2.24, 2.45) is 0 Å². The maximum absolute atomic E-state index is 13.2. The number of para-hydroxylation sites is 1. The lowest BCUT2D eigenvalue weighted by Crippen LogP contribution is -2.22. The molecule has 0 saturated carbocycles. The van der Waals surface area contributed by atoms with Crippen molar-refractivity contribution in [1.29, 1.82) is 0 Å². The Morgan fingerprint density at radius 1 is 1.06 bits per heavy atom. The Kier molecular flexibility index (Phi) is 6.36. The number of allylic oxidation sites excluding steroid dienone is 1. The molecule has 0 saturated heterocycles. The van der Waals surface area contributed by atoms with Gasteiger partial charge in [-0.3, -0.25) is 4.79 Å². The maximum atomic E-state index is 13.2. The number of nitrogens with zero attached hydrogens (tertiary/aromatic N) is 2. The summed E-state index contributed by atoms with van der Waals surface area (Å²) >= 11 is 0. The number of rotatable bonds is 7. The first-order valence-corrected chi connectivity index (χ1v) is 11.3. The lowest BCUT2D eigenvalue weighted by atomic mass is 10.0. The molecule has 1 amide bonds. The van der Waals surface area contributed by atoms with Gasteiger partial charge in [-0.1, -0.05) is 29.4 Å². The molecule has 36 heavy (non-hydrogen) atoms. The molecule has 0 aliphatic heterocycles. The molecule has 0 unspecified atom stereocenters. The lowest BCUT2D eigenvalue weighted by Gasteiger charge is -2.12. The smallest absolute Gasteiger partial charge is 0.339 e. The van der Waals surface area contributed by atoms with E-state index < -0.39 is 18.5 Å². The van der Waals surface area contributed by atoms with Gasteiger partial charge in [0.05, 0.1) is 31.0 Å². The molecule has 9 heteroatoms. The Bertz CT molecular complexity index is 1480. The Morgan fingerprint density at radius 3 is 2.67 bits per heavy atom. The van der Waals surface area contributed by atoms with E-state index in [1.165, 1.54) is 12.3 Å². The summed E-state index contributed by atoms with van der Waals surface area (Å²) in [6, 6.07) is 14.6. The van der Waals surface area contributed by atoms with Crippen LogP contribution < -0.4 is 14.8 Å². The summed E-state index contributed by atoms with van der Waals surface area (Å²) in [7, 11) is 3.19. The molecular formula is C27H23N3O6. The van der Waals surface area contributed by atoms with Gasteiger partial charge in [-0.25, -0.2) is 9.78 Å². The van der Waals surface area contributed by atoms with Crippen molar-refractivity contribution in [2.75, 3.05) is 26.1 Å². The number of pyridine rings is 1. The summed E-state index contributed by atoms with van der Waals surface area (Å²) in [4.78, 5) is 30.3. The van der Waals surface area contributed by atoms with Crippen LogP contribution in [0.2, 0.25) is 0 Å². The number of ether oxygens (including phenoxy) is 3. The normalized spacial score (nSPS) is 13.4. The van der Waals surface area contributed by atoms with E-state index in [1.807, 2.05) is 48.5 Å². The number of carbonyl (C=O) groups excluding carboxylic acids is 2. The van der Waals surface area contributed by atoms with Gasteiger partial charge in [0.25, 0.3) is 5.91 Å². The number of carbonyl (C=O) groups is 2. The van der Waals surface area contributed by atoms with Crippen molar-refractivity contribution in [2.45, 2.75) is 12.8 Å². The molecule has 5 rings (SSSR count). The number of esters is 1. The summed E-state index contributed by atoms with van der Waals surface area (Å²) in [5.74, 6) is 0.433. The zero-order chi connectivity index (χ0) is 25.1. The average molecular weight is 485 g/mol. The van der Waals surface area contributed by atoms with Crippen molar-refractivity contribution in [1.82, 2.24) is 10.1 Å². The third-order valence-corrected chi connectivity index (χ3v) is 5.93. The van der Waals surface area contributed by atoms with Gasteiger partial charge < -0.3 is 24.1 Å². The van der Waals surface area contributed by atoms with Crippen LogP contribution in [0.1, 0.15) is 33.6 Å². The molecule has 0 spiro atoms. The zero-order valence-corrected chi connectivity index (χ0v) is 19.7. The van der Waals surface area contributed by atoms with Crippen molar-refractivity contribution in [3.63, 3.8) is 0 Å². The maximum Gasteiger partial charge on any atom is 0.339 e. The van der Waals surface area contributed by atoms with Crippen molar-refractivity contribution >= 4 is 40.2 Å². The number of benzene rings is 2. The van der Waals surface area contributed by atoms with Crippen LogP contribution >= 0.6 is 0 Å². The highest BCUT2D eigenvalue weighted by Crippen LogP contribution is 2.38. The minimum absolute atomic E-state index is 0.247. The van der Waals surface area contributed by atoms with E-state index in [4.69, 9.17) is 19.2 Å². The van der Waals surface area contributed by atoms with Crippen molar-refractivity contribution < 1.29 is 28.3 Å². The highest BCUT2D eigenvalue weighted by atomic mass is 16.5. The Hall–Kier alpha value is -4.66. The predicted molar refractivity (Wildman–Crippen MR) is 133 cm³/mol. The summed E-state index contributed by atoms with van der Waals surface area (Å²) in [5, 5.41) is 6.81. The largest absolute Gasteiger partial charge is 0.493 e. The van der Waals surface area contributed by atoms with Crippen LogP contribution in [-0.2, 0) is 16.0 Å². The summed E-state index contributed by atoms with van der Waals surface area (Å²) in [6.07, 6.45) is 4.71. The lowest BCUT2D eigenvalue weighted by molar-refractivity contribution is -0.119. The molecule has 4 aromatic rings. The SMILES string of the molecule is COc1ccc(C=C2CCc3c2nc2ccccc2c3C(=O)OCC(=O)Nc2ccon2)cc1OC. The fourth-order valence-electron chi connectivity index (χ4n) is 4.32. The fourth-order valence-corrected chi connectivity index (χ4v) is 4.32. The number of aromatic nitrogens is 2. The fraction of sp³-hybridized carbons (Fsp3) is 0.185. The number of methoxy groups -OCH3 is 2. The third-order valence-electron chi connectivity index (χ3n) is 5.93. The minimum Gasteiger partial charge on any atom is -0.493 e. The molecule has 0 atom stereocenters. The summed E-state index contributed by atoms with van der Waals surface area (Å²) in [6.45, 7) is -0.453. The van der Waals surface area contributed by atoms with E-state index in [0.29, 0.717) is 40.8 Å². The quantitative estimate of drug-likeness (QED) is 0.380. The topological polar surface area (TPSA) is 113 Å².